The zero-order valence-corrected chi connectivity index (χ0v) is 17.7. The first-order valence-corrected chi connectivity index (χ1v) is 10.8. The van der Waals surface area contributed by atoms with Crippen molar-refractivity contribution in [3.63, 3.8) is 0 Å². The smallest absolute Gasteiger partial charge is 0.171 e. The molecule has 0 saturated carbocycles. The maximum Gasteiger partial charge on any atom is 0.171 e. The molecule has 0 spiro atoms. The predicted octanol–water partition coefficient (Wildman–Crippen LogP) is 6.79. The molecule has 0 atom stereocenters. The van der Waals surface area contributed by atoms with E-state index in [2.05, 4.69) is 53.5 Å². The van der Waals surface area contributed by atoms with Crippen molar-refractivity contribution in [2.24, 2.45) is 0 Å². The van der Waals surface area contributed by atoms with E-state index in [0.29, 0.717) is 11.1 Å². The van der Waals surface area contributed by atoms with Gasteiger partial charge >= 0.3 is 0 Å². The van der Waals surface area contributed by atoms with Crippen molar-refractivity contribution in [2.45, 2.75) is 10.1 Å². The van der Waals surface area contributed by atoms with Crippen LogP contribution in [0.4, 0.5) is 0 Å². The van der Waals surface area contributed by atoms with Gasteiger partial charge in [-0.05, 0) is 41.0 Å². The van der Waals surface area contributed by atoms with Crippen molar-refractivity contribution < 1.29 is 0 Å². The molecule has 0 amide bonds. The summed E-state index contributed by atoms with van der Waals surface area (Å²) in [6.07, 6.45) is 0. The number of nitriles is 2. The molecule has 0 unspecified atom stereocenters. The molecule has 0 fully saturated rings. The van der Waals surface area contributed by atoms with E-state index in [9.17, 15) is 5.26 Å². The van der Waals surface area contributed by atoms with E-state index in [1.807, 2.05) is 42.5 Å². The Bertz CT molecular complexity index is 1510. The average molecular weight is 429 g/mol. The van der Waals surface area contributed by atoms with E-state index < -0.39 is 0 Å². The number of nitrogens with zero attached hydrogens (tertiary/aromatic N) is 3. The van der Waals surface area contributed by atoms with Crippen LogP contribution >= 0.6 is 11.8 Å². The molecule has 0 aliphatic heterocycles. The normalized spacial score (nSPS) is 10.6. The molecule has 0 aliphatic rings. The second-order valence-corrected chi connectivity index (χ2v) is 8.25. The number of hydrogen-bond donors (Lipinski definition) is 1. The summed E-state index contributed by atoms with van der Waals surface area (Å²) in [6, 6.07) is 34.1. The van der Waals surface area contributed by atoms with Gasteiger partial charge in [0, 0.05) is 10.5 Å². The third-order valence-corrected chi connectivity index (χ3v) is 6.10. The summed E-state index contributed by atoms with van der Waals surface area (Å²) in [4.78, 5) is 9.18. The van der Waals surface area contributed by atoms with Crippen LogP contribution in [0.5, 0.6) is 0 Å². The fraction of sp³-hybridized carbons (Fsp3) is 0. The minimum Gasteiger partial charge on any atom is -0.333 e. The number of imidazole rings is 1. The van der Waals surface area contributed by atoms with Gasteiger partial charge in [0.1, 0.15) is 12.1 Å². The van der Waals surface area contributed by atoms with Crippen LogP contribution in [-0.4, -0.2) is 9.97 Å². The van der Waals surface area contributed by atoms with Gasteiger partial charge in [0.25, 0.3) is 0 Å². The van der Waals surface area contributed by atoms with Crippen molar-refractivity contribution in [3.8, 4) is 34.4 Å². The Morgan fingerprint density at radius 3 is 2.09 bits per heavy atom. The highest BCUT2D eigenvalue weighted by Crippen LogP contribution is 2.39. The number of nitrogens with one attached hydrogen (secondary N) is 1. The molecule has 4 aromatic carbocycles. The van der Waals surface area contributed by atoms with Crippen molar-refractivity contribution >= 4 is 22.8 Å². The van der Waals surface area contributed by atoms with Crippen molar-refractivity contribution in [3.05, 3.63) is 102 Å². The van der Waals surface area contributed by atoms with Crippen LogP contribution in [0.25, 0.3) is 33.3 Å². The second-order valence-electron chi connectivity index (χ2n) is 7.19. The number of aromatic amines is 1. The van der Waals surface area contributed by atoms with Gasteiger partial charge in [-0.15, -0.1) is 0 Å². The summed E-state index contributed by atoms with van der Waals surface area (Å²) in [5.74, 6) is 0. The van der Waals surface area contributed by atoms with Crippen molar-refractivity contribution in [1.82, 2.24) is 9.97 Å². The van der Waals surface area contributed by atoms with E-state index >= 15 is 0 Å². The largest absolute Gasteiger partial charge is 0.333 e. The molecular formula is C27H16N4S. The van der Waals surface area contributed by atoms with Gasteiger partial charge < -0.3 is 4.98 Å². The van der Waals surface area contributed by atoms with Gasteiger partial charge in [-0.1, -0.05) is 78.5 Å². The summed E-state index contributed by atoms with van der Waals surface area (Å²) in [5, 5.41) is 19.2. The number of aromatic nitrogens is 2. The molecule has 5 rings (SSSR count). The Morgan fingerprint density at radius 1 is 0.719 bits per heavy atom. The van der Waals surface area contributed by atoms with Crippen LogP contribution in [0.3, 0.4) is 0 Å². The molecule has 32 heavy (non-hydrogen) atoms. The molecular weight excluding hydrogens is 412 g/mol. The Labute approximate surface area is 189 Å². The number of fused-ring (bicyclic) bond motifs is 1. The first kappa shape index (κ1) is 19.6. The SMILES string of the molecule is N#Cc1ccc(Sc2nc3c(-c4ccccc4)c(-c4ccccc4)ccc3[nH]2)cc1C#N. The van der Waals surface area contributed by atoms with Crippen LogP contribution in [0.1, 0.15) is 11.1 Å². The topological polar surface area (TPSA) is 76.3 Å². The van der Waals surface area contributed by atoms with Gasteiger partial charge in [0.15, 0.2) is 5.16 Å². The van der Waals surface area contributed by atoms with Crippen molar-refractivity contribution in [2.75, 3.05) is 0 Å². The molecule has 1 aromatic heterocycles. The lowest BCUT2D eigenvalue weighted by Gasteiger charge is -2.11. The molecule has 0 radical (unpaired) electrons. The van der Waals surface area contributed by atoms with Crippen LogP contribution in [0.15, 0.2) is 101 Å². The monoisotopic (exact) mass is 428 g/mol. The Morgan fingerprint density at radius 2 is 1.41 bits per heavy atom. The molecule has 1 heterocycles. The van der Waals surface area contributed by atoms with Gasteiger partial charge in [0.05, 0.1) is 22.2 Å². The van der Waals surface area contributed by atoms with E-state index in [4.69, 9.17) is 10.2 Å². The fourth-order valence-corrected chi connectivity index (χ4v) is 4.58. The summed E-state index contributed by atoms with van der Waals surface area (Å²) in [7, 11) is 0. The number of hydrogen-bond acceptors (Lipinski definition) is 4. The van der Waals surface area contributed by atoms with Crippen LogP contribution in [-0.2, 0) is 0 Å². The molecule has 0 saturated heterocycles. The molecule has 0 bridgehead atoms. The lowest BCUT2D eigenvalue weighted by Crippen LogP contribution is -1.87. The molecule has 1 N–H and O–H groups in total. The molecule has 5 aromatic rings. The highest BCUT2D eigenvalue weighted by molar-refractivity contribution is 7.99. The minimum atomic E-state index is 0.366. The van der Waals surface area contributed by atoms with Gasteiger partial charge in [0.2, 0.25) is 0 Å². The Hall–Kier alpha value is -4.32. The summed E-state index contributed by atoms with van der Waals surface area (Å²) >= 11 is 1.44. The maximum absolute atomic E-state index is 9.32. The zero-order chi connectivity index (χ0) is 21.9. The zero-order valence-electron chi connectivity index (χ0n) is 16.9. The van der Waals surface area contributed by atoms with Crippen LogP contribution in [0, 0.1) is 22.7 Å². The maximum atomic E-state index is 9.32. The number of H-pyrrole nitrogens is 1. The van der Waals surface area contributed by atoms with E-state index in [1.165, 1.54) is 11.8 Å². The molecule has 0 aliphatic carbocycles. The van der Waals surface area contributed by atoms with Gasteiger partial charge in [-0.25, -0.2) is 4.98 Å². The van der Waals surface area contributed by atoms with Gasteiger partial charge in [-0.3, -0.25) is 0 Å². The van der Waals surface area contributed by atoms with E-state index in [0.717, 1.165) is 43.3 Å². The third-order valence-electron chi connectivity index (χ3n) is 5.23. The first-order valence-electron chi connectivity index (χ1n) is 10.0. The highest BCUT2D eigenvalue weighted by Gasteiger charge is 2.16. The summed E-state index contributed by atoms with van der Waals surface area (Å²) < 4.78 is 0. The summed E-state index contributed by atoms with van der Waals surface area (Å²) in [6.45, 7) is 0. The first-order chi connectivity index (χ1) is 15.8. The standard InChI is InChI=1S/C27H16N4S/c28-16-20-11-12-22(15-21(20)17-29)32-27-30-24-14-13-23(18-7-3-1-4-8-18)25(26(24)31-27)19-9-5-2-6-10-19/h1-15H,(H,30,31). The average Bonchev–Trinajstić information content (AvgIpc) is 3.26. The lowest BCUT2D eigenvalue weighted by atomic mass is 9.93. The molecule has 150 valence electrons. The number of benzene rings is 4. The fourth-order valence-electron chi connectivity index (χ4n) is 3.74. The van der Waals surface area contributed by atoms with E-state index in [1.54, 1.807) is 12.1 Å². The van der Waals surface area contributed by atoms with Crippen molar-refractivity contribution in [1.29, 1.82) is 10.5 Å². The highest BCUT2D eigenvalue weighted by atomic mass is 32.2. The molecule has 4 nitrogen and oxygen atoms in total. The minimum absolute atomic E-state index is 0.366. The second kappa shape index (κ2) is 8.43. The molecule has 5 heteroatoms. The Balaban J connectivity index is 1.65. The quantitative estimate of drug-likeness (QED) is 0.342. The van der Waals surface area contributed by atoms with Gasteiger partial charge in [-0.2, -0.15) is 10.5 Å². The van der Waals surface area contributed by atoms with Crippen LogP contribution in [0.2, 0.25) is 0 Å². The van der Waals surface area contributed by atoms with E-state index in [-0.39, 0.29) is 0 Å². The summed E-state index contributed by atoms with van der Waals surface area (Å²) in [5.41, 5.74) is 7.02. The number of rotatable bonds is 4. The van der Waals surface area contributed by atoms with Crippen LogP contribution < -0.4 is 0 Å². The predicted molar refractivity (Wildman–Crippen MR) is 127 cm³/mol. The lowest BCUT2D eigenvalue weighted by molar-refractivity contribution is 1.08. The Kier molecular flexibility index (Phi) is 5.17. The third kappa shape index (κ3) is 3.63.